The van der Waals surface area contributed by atoms with E-state index in [1.807, 2.05) is 13.8 Å². The van der Waals surface area contributed by atoms with Gasteiger partial charge in [0.2, 0.25) is 0 Å². The van der Waals surface area contributed by atoms with Crippen molar-refractivity contribution in [3.63, 3.8) is 0 Å². The van der Waals surface area contributed by atoms with Gasteiger partial charge in [0, 0.05) is 29.1 Å². The van der Waals surface area contributed by atoms with Crippen LogP contribution in [0.3, 0.4) is 0 Å². The number of aromatic nitrogens is 1. The molecule has 1 aliphatic heterocycles. The number of nitrogens with one attached hydrogen (secondary N) is 2. The van der Waals surface area contributed by atoms with Crippen molar-refractivity contribution in [1.29, 1.82) is 0 Å². The molecule has 0 aliphatic carbocycles. The van der Waals surface area contributed by atoms with Crippen molar-refractivity contribution in [2.45, 2.75) is 39.2 Å². The van der Waals surface area contributed by atoms with Crippen molar-refractivity contribution in [3.05, 3.63) is 41.5 Å². The van der Waals surface area contributed by atoms with E-state index in [0.29, 0.717) is 23.3 Å². The quantitative estimate of drug-likeness (QED) is 0.834. The summed E-state index contributed by atoms with van der Waals surface area (Å²) < 4.78 is 18.9. The van der Waals surface area contributed by atoms with Gasteiger partial charge in [-0.3, -0.25) is 0 Å². The molecule has 0 saturated carbocycles. The zero-order chi connectivity index (χ0) is 16.8. The zero-order valence-electron chi connectivity index (χ0n) is 13.8. The Balaban J connectivity index is 2.22. The van der Waals surface area contributed by atoms with Crippen LogP contribution in [0.15, 0.2) is 24.4 Å². The molecule has 4 nitrogen and oxygen atoms in total. The van der Waals surface area contributed by atoms with Crippen molar-refractivity contribution in [1.82, 2.24) is 10.3 Å². The second-order valence-corrected chi connectivity index (χ2v) is 6.84. The number of hydrogen-bond acceptors (Lipinski definition) is 3. The average molecular weight is 316 g/mol. The molecule has 2 aromatic rings. The van der Waals surface area contributed by atoms with Gasteiger partial charge in [0.05, 0.1) is 17.4 Å². The third kappa shape index (κ3) is 2.71. The minimum atomic E-state index is -0.390. The number of H-pyrrole nitrogens is 1. The molecular formula is C18H21FN2O2. The van der Waals surface area contributed by atoms with Crippen LogP contribution >= 0.6 is 0 Å². The molecule has 0 amide bonds. The molecular weight excluding hydrogens is 295 g/mol. The fraction of sp³-hybridized carbons (Fsp3) is 0.389. The van der Waals surface area contributed by atoms with E-state index in [0.717, 1.165) is 10.9 Å². The molecule has 1 aliphatic rings. The van der Waals surface area contributed by atoms with E-state index in [9.17, 15) is 9.18 Å². The lowest BCUT2D eigenvalue weighted by atomic mass is 9.82. The summed E-state index contributed by atoms with van der Waals surface area (Å²) in [6.45, 7) is 8.49. The van der Waals surface area contributed by atoms with Crippen LogP contribution in [-0.2, 0) is 14.9 Å². The van der Waals surface area contributed by atoms with Gasteiger partial charge in [-0.1, -0.05) is 13.8 Å². The summed E-state index contributed by atoms with van der Waals surface area (Å²) in [5, 5.41) is 4.12. The standard InChI is InChI=1S/C18H21FN2O2/c1-10(2)23-17(22)13-8-20-9-18(3,4)15-12-6-5-11(19)7-14(12)21-16(13)15/h5-8,10,20-21H,9H2,1-4H3. The van der Waals surface area contributed by atoms with Crippen molar-refractivity contribution in [3.8, 4) is 0 Å². The Bertz CT molecular complexity index is 803. The van der Waals surface area contributed by atoms with Gasteiger partial charge >= 0.3 is 5.97 Å². The molecule has 1 aromatic heterocycles. The van der Waals surface area contributed by atoms with Gasteiger partial charge in [-0.25, -0.2) is 9.18 Å². The smallest absolute Gasteiger partial charge is 0.342 e. The Labute approximate surface area is 134 Å². The summed E-state index contributed by atoms with van der Waals surface area (Å²) in [5.41, 5.74) is 2.61. The molecule has 1 aromatic carbocycles. The number of esters is 1. The largest absolute Gasteiger partial charge is 0.459 e. The van der Waals surface area contributed by atoms with Crippen LogP contribution in [-0.4, -0.2) is 23.6 Å². The molecule has 0 radical (unpaired) electrons. The monoisotopic (exact) mass is 316 g/mol. The molecule has 0 fully saturated rings. The first-order valence-electron chi connectivity index (χ1n) is 7.76. The van der Waals surface area contributed by atoms with Crippen molar-refractivity contribution >= 4 is 22.4 Å². The lowest BCUT2D eigenvalue weighted by Gasteiger charge is -2.24. The first-order chi connectivity index (χ1) is 10.8. The van der Waals surface area contributed by atoms with Crippen LogP contribution in [0.4, 0.5) is 4.39 Å². The lowest BCUT2D eigenvalue weighted by molar-refractivity contribution is -0.140. The zero-order valence-corrected chi connectivity index (χ0v) is 13.8. The van der Waals surface area contributed by atoms with Gasteiger partial charge < -0.3 is 15.0 Å². The lowest BCUT2D eigenvalue weighted by Crippen LogP contribution is -2.29. The number of benzene rings is 1. The van der Waals surface area contributed by atoms with Gasteiger partial charge in [-0.15, -0.1) is 0 Å². The number of ether oxygens (including phenoxy) is 1. The van der Waals surface area contributed by atoms with Gasteiger partial charge in [0.1, 0.15) is 5.82 Å². The van der Waals surface area contributed by atoms with E-state index in [1.165, 1.54) is 12.1 Å². The fourth-order valence-corrected chi connectivity index (χ4v) is 3.08. The Morgan fingerprint density at radius 1 is 1.35 bits per heavy atom. The summed E-state index contributed by atoms with van der Waals surface area (Å²) in [5.74, 6) is -0.696. The number of halogens is 1. The highest BCUT2D eigenvalue weighted by atomic mass is 19.1. The van der Waals surface area contributed by atoms with E-state index in [4.69, 9.17) is 4.74 Å². The summed E-state index contributed by atoms with van der Waals surface area (Å²) in [6, 6.07) is 4.66. The molecule has 23 heavy (non-hydrogen) atoms. The second-order valence-electron chi connectivity index (χ2n) is 6.84. The molecule has 0 spiro atoms. The maximum Gasteiger partial charge on any atom is 0.342 e. The first-order valence-corrected chi connectivity index (χ1v) is 7.76. The molecule has 122 valence electrons. The second kappa shape index (κ2) is 5.41. The number of rotatable bonds is 2. The molecule has 0 bridgehead atoms. The number of carbonyl (C=O) groups is 1. The highest BCUT2D eigenvalue weighted by Gasteiger charge is 2.33. The predicted octanol–water partition coefficient (Wildman–Crippen LogP) is 3.48. The SMILES string of the molecule is CC(C)OC(=O)C1=CNCC(C)(C)c2c1[nH]c1cc(F)ccc21. The molecule has 5 heteroatoms. The van der Waals surface area contributed by atoms with Crippen LogP contribution in [0.2, 0.25) is 0 Å². The van der Waals surface area contributed by atoms with Crippen LogP contribution in [0.25, 0.3) is 16.5 Å². The molecule has 0 atom stereocenters. The van der Waals surface area contributed by atoms with E-state index >= 15 is 0 Å². The molecule has 2 N–H and O–H groups in total. The third-order valence-corrected chi connectivity index (χ3v) is 4.06. The van der Waals surface area contributed by atoms with Crippen LogP contribution in [0.5, 0.6) is 0 Å². The Morgan fingerprint density at radius 3 is 2.78 bits per heavy atom. The minimum Gasteiger partial charge on any atom is -0.459 e. The Hall–Kier alpha value is -2.30. The maximum atomic E-state index is 13.6. The maximum absolute atomic E-state index is 13.6. The minimum absolute atomic E-state index is 0.204. The first kappa shape index (κ1) is 15.6. The van der Waals surface area contributed by atoms with E-state index in [2.05, 4.69) is 24.1 Å². The molecule has 0 unspecified atom stereocenters. The highest BCUT2D eigenvalue weighted by molar-refractivity contribution is 6.18. The Kier molecular flexibility index (Phi) is 3.66. The fourth-order valence-electron chi connectivity index (χ4n) is 3.08. The summed E-state index contributed by atoms with van der Waals surface area (Å²) >= 11 is 0. The number of carbonyl (C=O) groups excluding carboxylic acids is 1. The summed E-state index contributed by atoms with van der Waals surface area (Å²) in [4.78, 5) is 15.7. The number of fused-ring (bicyclic) bond motifs is 3. The van der Waals surface area contributed by atoms with Crippen LogP contribution < -0.4 is 5.32 Å². The predicted molar refractivity (Wildman–Crippen MR) is 88.5 cm³/mol. The molecule has 0 saturated heterocycles. The van der Waals surface area contributed by atoms with Crippen LogP contribution in [0, 0.1) is 5.82 Å². The summed E-state index contributed by atoms with van der Waals surface area (Å²) in [6.07, 6.45) is 1.48. The van der Waals surface area contributed by atoms with Crippen molar-refractivity contribution in [2.75, 3.05) is 6.54 Å². The van der Waals surface area contributed by atoms with E-state index < -0.39 is 5.97 Å². The van der Waals surface area contributed by atoms with Crippen molar-refractivity contribution in [2.24, 2.45) is 0 Å². The number of aromatic amines is 1. The van der Waals surface area contributed by atoms with Crippen LogP contribution in [0.1, 0.15) is 39.0 Å². The molecule has 2 heterocycles. The third-order valence-electron chi connectivity index (χ3n) is 4.06. The Morgan fingerprint density at radius 2 is 2.09 bits per heavy atom. The van der Waals surface area contributed by atoms with Gasteiger partial charge in [-0.05, 0) is 37.6 Å². The van der Waals surface area contributed by atoms with Gasteiger partial charge in [0.15, 0.2) is 0 Å². The molecule has 3 rings (SSSR count). The topological polar surface area (TPSA) is 54.1 Å². The van der Waals surface area contributed by atoms with E-state index in [-0.39, 0.29) is 17.3 Å². The normalized spacial score (nSPS) is 16.5. The average Bonchev–Trinajstić information content (AvgIpc) is 2.75. The summed E-state index contributed by atoms with van der Waals surface area (Å²) in [7, 11) is 0. The number of hydrogen-bond donors (Lipinski definition) is 2. The van der Waals surface area contributed by atoms with Gasteiger partial charge in [-0.2, -0.15) is 0 Å². The van der Waals surface area contributed by atoms with E-state index in [1.54, 1.807) is 12.3 Å². The van der Waals surface area contributed by atoms with Crippen molar-refractivity contribution < 1.29 is 13.9 Å². The highest BCUT2D eigenvalue weighted by Crippen LogP contribution is 2.38. The van der Waals surface area contributed by atoms with Gasteiger partial charge in [0.25, 0.3) is 0 Å².